The molecule has 0 aliphatic rings. The van der Waals surface area contributed by atoms with Crippen LogP contribution in [0.25, 0.3) is 16.9 Å². The van der Waals surface area contributed by atoms with Crippen molar-refractivity contribution in [1.82, 2.24) is 14.8 Å². The summed E-state index contributed by atoms with van der Waals surface area (Å²) < 4.78 is 6.98. The van der Waals surface area contributed by atoms with Crippen molar-refractivity contribution < 1.29 is 14.4 Å². The van der Waals surface area contributed by atoms with Crippen molar-refractivity contribution in [2.24, 2.45) is 0 Å². The lowest BCUT2D eigenvalue weighted by atomic mass is 10.1. The number of methoxy groups -OCH3 is 1. The van der Waals surface area contributed by atoms with Gasteiger partial charge in [0.2, 0.25) is 0 Å². The van der Waals surface area contributed by atoms with Crippen LogP contribution in [0.5, 0.6) is 5.75 Å². The number of carbonyl (C=O) groups excluding carboxylic acids is 1. The fraction of sp³-hybridized carbons (Fsp3) is 0.200. The first-order chi connectivity index (χ1) is 13.1. The van der Waals surface area contributed by atoms with E-state index < -0.39 is 0 Å². The van der Waals surface area contributed by atoms with Gasteiger partial charge in [-0.05, 0) is 48.7 Å². The van der Waals surface area contributed by atoms with Crippen molar-refractivity contribution in [2.45, 2.75) is 4.90 Å². The molecular formula is C20H21N3O3S. The molecule has 140 valence electrons. The number of aromatic nitrogens is 2. The normalized spacial score (nSPS) is 10.7. The van der Waals surface area contributed by atoms with Crippen LogP contribution in [0.4, 0.5) is 0 Å². The summed E-state index contributed by atoms with van der Waals surface area (Å²) in [5.74, 6) is 0.443. The third kappa shape index (κ3) is 3.99. The molecule has 1 heterocycles. The molecule has 0 aliphatic carbocycles. The molecule has 7 heteroatoms. The molecule has 0 fully saturated rings. The van der Waals surface area contributed by atoms with E-state index in [-0.39, 0.29) is 5.91 Å². The van der Waals surface area contributed by atoms with Gasteiger partial charge in [-0.1, -0.05) is 12.1 Å². The summed E-state index contributed by atoms with van der Waals surface area (Å²) in [6, 6.07) is 17.5. The van der Waals surface area contributed by atoms with Gasteiger partial charge in [-0.2, -0.15) is 5.10 Å². The molecule has 0 N–H and O–H groups in total. The SMILES string of the molecule is COc1ccc(-n2nc(C(=O)N(C)OC)cc2-c2ccc(SC)cc2)cc1. The van der Waals surface area contributed by atoms with Gasteiger partial charge >= 0.3 is 0 Å². The Hall–Kier alpha value is -2.77. The Bertz CT molecular complexity index is 856. The molecule has 3 rings (SSSR count). The summed E-state index contributed by atoms with van der Waals surface area (Å²) >= 11 is 1.68. The number of hydroxylamine groups is 2. The molecular weight excluding hydrogens is 362 g/mol. The van der Waals surface area contributed by atoms with Crippen molar-refractivity contribution in [3.05, 3.63) is 60.3 Å². The van der Waals surface area contributed by atoms with E-state index in [2.05, 4.69) is 5.10 Å². The Labute approximate surface area is 162 Å². The maximum atomic E-state index is 12.5. The molecule has 0 spiro atoms. The second-order valence-electron chi connectivity index (χ2n) is 5.74. The fourth-order valence-corrected chi connectivity index (χ4v) is 3.03. The number of nitrogens with zero attached hydrogens (tertiary/aromatic N) is 3. The minimum absolute atomic E-state index is 0.305. The fourth-order valence-electron chi connectivity index (χ4n) is 2.62. The van der Waals surface area contributed by atoms with Gasteiger partial charge in [0.25, 0.3) is 5.91 Å². The zero-order valence-corrected chi connectivity index (χ0v) is 16.5. The van der Waals surface area contributed by atoms with Gasteiger partial charge in [0.05, 0.1) is 25.6 Å². The van der Waals surface area contributed by atoms with Crippen LogP contribution >= 0.6 is 11.8 Å². The Balaban J connectivity index is 2.10. The zero-order chi connectivity index (χ0) is 19.4. The topological polar surface area (TPSA) is 56.6 Å². The summed E-state index contributed by atoms with van der Waals surface area (Å²) in [4.78, 5) is 18.7. The summed E-state index contributed by atoms with van der Waals surface area (Å²) in [7, 11) is 4.63. The van der Waals surface area contributed by atoms with Crippen molar-refractivity contribution in [3.63, 3.8) is 0 Å². The van der Waals surface area contributed by atoms with Crippen molar-refractivity contribution in [2.75, 3.05) is 27.5 Å². The van der Waals surface area contributed by atoms with E-state index in [4.69, 9.17) is 9.57 Å². The molecule has 0 saturated carbocycles. The first-order valence-electron chi connectivity index (χ1n) is 8.28. The standard InChI is InChI=1S/C20H21N3O3S/c1-22(26-3)20(24)18-13-19(14-5-11-17(27-4)12-6-14)23(21-18)15-7-9-16(25-2)10-8-15/h5-13H,1-4H3. The number of rotatable bonds is 6. The molecule has 0 saturated heterocycles. The highest BCUT2D eigenvalue weighted by Gasteiger charge is 2.20. The molecule has 0 aliphatic heterocycles. The number of thioether (sulfide) groups is 1. The van der Waals surface area contributed by atoms with E-state index in [1.54, 1.807) is 36.7 Å². The Morgan fingerprint density at radius 2 is 1.74 bits per heavy atom. The maximum Gasteiger partial charge on any atom is 0.297 e. The second kappa shape index (κ2) is 8.28. The largest absolute Gasteiger partial charge is 0.497 e. The molecule has 0 bridgehead atoms. The molecule has 1 aromatic heterocycles. The smallest absolute Gasteiger partial charge is 0.297 e. The van der Waals surface area contributed by atoms with Gasteiger partial charge in [0.15, 0.2) is 5.69 Å². The van der Waals surface area contributed by atoms with Crippen LogP contribution in [0.1, 0.15) is 10.5 Å². The Morgan fingerprint density at radius 3 is 2.30 bits per heavy atom. The number of ether oxygens (including phenoxy) is 1. The molecule has 0 radical (unpaired) electrons. The minimum Gasteiger partial charge on any atom is -0.497 e. The average molecular weight is 383 g/mol. The van der Waals surface area contributed by atoms with Gasteiger partial charge in [-0.15, -0.1) is 11.8 Å². The van der Waals surface area contributed by atoms with Gasteiger partial charge in [0, 0.05) is 17.5 Å². The highest BCUT2D eigenvalue weighted by atomic mass is 32.2. The van der Waals surface area contributed by atoms with Crippen LogP contribution in [0.15, 0.2) is 59.5 Å². The first kappa shape index (κ1) is 19.0. The number of amides is 1. The lowest BCUT2D eigenvalue weighted by molar-refractivity contribution is -0.0760. The quantitative estimate of drug-likeness (QED) is 0.477. The van der Waals surface area contributed by atoms with E-state index >= 15 is 0 Å². The highest BCUT2D eigenvalue weighted by Crippen LogP contribution is 2.27. The minimum atomic E-state index is -0.313. The molecule has 2 aromatic carbocycles. The van der Waals surface area contributed by atoms with E-state index in [1.165, 1.54) is 12.0 Å². The Morgan fingerprint density at radius 1 is 1.07 bits per heavy atom. The zero-order valence-electron chi connectivity index (χ0n) is 15.7. The molecule has 6 nitrogen and oxygen atoms in total. The highest BCUT2D eigenvalue weighted by molar-refractivity contribution is 7.98. The van der Waals surface area contributed by atoms with Gasteiger partial charge in [-0.3, -0.25) is 9.63 Å². The predicted molar refractivity (Wildman–Crippen MR) is 106 cm³/mol. The average Bonchev–Trinajstić information content (AvgIpc) is 3.18. The molecule has 1 amide bonds. The summed E-state index contributed by atoms with van der Waals surface area (Å²) in [5.41, 5.74) is 2.92. The summed E-state index contributed by atoms with van der Waals surface area (Å²) in [6.07, 6.45) is 2.04. The lowest BCUT2D eigenvalue weighted by Gasteiger charge is -2.11. The van der Waals surface area contributed by atoms with E-state index in [9.17, 15) is 4.79 Å². The number of benzene rings is 2. The van der Waals surface area contributed by atoms with Crippen LogP contribution in [-0.2, 0) is 4.84 Å². The third-order valence-corrected chi connectivity index (χ3v) is 4.93. The van der Waals surface area contributed by atoms with Crippen LogP contribution in [0.2, 0.25) is 0 Å². The van der Waals surface area contributed by atoms with Crippen LogP contribution < -0.4 is 4.74 Å². The predicted octanol–water partition coefficient (Wildman–Crippen LogP) is 3.90. The summed E-state index contributed by atoms with van der Waals surface area (Å²) in [6.45, 7) is 0. The number of hydrogen-bond donors (Lipinski definition) is 0. The van der Waals surface area contributed by atoms with Crippen LogP contribution in [0, 0.1) is 0 Å². The number of carbonyl (C=O) groups is 1. The second-order valence-corrected chi connectivity index (χ2v) is 6.62. The van der Waals surface area contributed by atoms with Crippen LogP contribution in [0.3, 0.4) is 0 Å². The van der Waals surface area contributed by atoms with E-state index in [1.807, 2.05) is 54.8 Å². The van der Waals surface area contributed by atoms with Crippen molar-refractivity contribution in [3.8, 4) is 22.7 Å². The number of hydrogen-bond acceptors (Lipinski definition) is 5. The summed E-state index contributed by atoms with van der Waals surface area (Å²) in [5, 5.41) is 5.68. The molecule has 27 heavy (non-hydrogen) atoms. The van der Waals surface area contributed by atoms with E-state index in [0.717, 1.165) is 27.8 Å². The van der Waals surface area contributed by atoms with Gasteiger partial charge in [0.1, 0.15) is 5.75 Å². The maximum absolute atomic E-state index is 12.5. The lowest BCUT2D eigenvalue weighted by Crippen LogP contribution is -2.25. The molecule has 3 aromatic rings. The van der Waals surface area contributed by atoms with Crippen molar-refractivity contribution >= 4 is 17.7 Å². The first-order valence-corrected chi connectivity index (χ1v) is 9.51. The van der Waals surface area contributed by atoms with Crippen molar-refractivity contribution in [1.29, 1.82) is 0 Å². The van der Waals surface area contributed by atoms with Gasteiger partial charge in [-0.25, -0.2) is 9.75 Å². The monoisotopic (exact) mass is 383 g/mol. The third-order valence-electron chi connectivity index (χ3n) is 4.19. The van der Waals surface area contributed by atoms with Crippen LogP contribution in [-0.4, -0.2) is 48.3 Å². The van der Waals surface area contributed by atoms with E-state index in [0.29, 0.717) is 5.69 Å². The Kier molecular flexibility index (Phi) is 5.83. The van der Waals surface area contributed by atoms with Gasteiger partial charge < -0.3 is 4.74 Å². The molecule has 0 unspecified atom stereocenters. The molecule has 0 atom stereocenters.